The number of carbonyl (C=O) groups excluding carboxylic acids is 1. The number of fused-ring (bicyclic) bond motifs is 1. The molecule has 0 spiro atoms. The van der Waals surface area contributed by atoms with E-state index in [0.29, 0.717) is 13.1 Å². The number of carbonyl (C=O) groups is 1. The van der Waals surface area contributed by atoms with Gasteiger partial charge in [-0.25, -0.2) is 9.78 Å². The molecule has 1 heterocycles. The van der Waals surface area contributed by atoms with Crippen LogP contribution in [-0.4, -0.2) is 29.0 Å². The third kappa shape index (κ3) is 3.19. The predicted octanol–water partition coefficient (Wildman–Crippen LogP) is 4.84. The Labute approximate surface area is 139 Å². The Morgan fingerprint density at radius 2 is 1.78 bits per heavy atom. The predicted molar refractivity (Wildman–Crippen MR) is 97.0 cm³/mol. The number of nitrogens with zero attached hydrogens (tertiary/aromatic N) is 2. The minimum Gasteiger partial charge on any atom is -0.325 e. The third-order valence-electron chi connectivity index (χ3n) is 3.74. The molecule has 3 aromatic rings. The van der Waals surface area contributed by atoms with Crippen molar-refractivity contribution in [3.8, 4) is 10.6 Å². The van der Waals surface area contributed by atoms with Crippen LogP contribution in [0.15, 0.2) is 48.5 Å². The summed E-state index contributed by atoms with van der Waals surface area (Å²) in [7, 11) is 0. The summed E-state index contributed by atoms with van der Waals surface area (Å²) in [6.45, 7) is 5.32. The van der Waals surface area contributed by atoms with Gasteiger partial charge in [0.15, 0.2) is 0 Å². The zero-order valence-corrected chi connectivity index (χ0v) is 14.1. The monoisotopic (exact) mass is 325 g/mol. The highest BCUT2D eigenvalue weighted by atomic mass is 32.1. The number of hydrogen-bond donors (Lipinski definition) is 1. The van der Waals surface area contributed by atoms with Gasteiger partial charge in [-0.05, 0) is 38.1 Å². The van der Waals surface area contributed by atoms with Crippen molar-refractivity contribution in [2.45, 2.75) is 13.8 Å². The second-order valence-electron chi connectivity index (χ2n) is 5.13. The number of amides is 2. The number of anilines is 1. The molecule has 0 aliphatic rings. The summed E-state index contributed by atoms with van der Waals surface area (Å²) in [6, 6.07) is 15.8. The molecule has 0 fully saturated rings. The number of urea groups is 1. The molecule has 4 nitrogen and oxygen atoms in total. The Balaban J connectivity index is 1.96. The highest BCUT2D eigenvalue weighted by Crippen LogP contribution is 2.34. The van der Waals surface area contributed by atoms with Gasteiger partial charge < -0.3 is 10.2 Å². The summed E-state index contributed by atoms with van der Waals surface area (Å²) in [6.07, 6.45) is 0. The summed E-state index contributed by atoms with van der Waals surface area (Å²) < 4.78 is 1.15. The zero-order chi connectivity index (χ0) is 16.2. The molecule has 118 valence electrons. The number of benzene rings is 2. The summed E-state index contributed by atoms with van der Waals surface area (Å²) in [5.74, 6) is 0. The van der Waals surface area contributed by atoms with Crippen molar-refractivity contribution in [3.63, 3.8) is 0 Å². The number of para-hydroxylation sites is 2. The molecule has 0 bridgehead atoms. The van der Waals surface area contributed by atoms with Crippen molar-refractivity contribution in [1.29, 1.82) is 0 Å². The van der Waals surface area contributed by atoms with E-state index in [4.69, 9.17) is 0 Å². The molecule has 0 saturated heterocycles. The number of hydrogen-bond acceptors (Lipinski definition) is 3. The van der Waals surface area contributed by atoms with Gasteiger partial charge in [-0.1, -0.05) is 24.3 Å². The number of aromatic nitrogens is 1. The van der Waals surface area contributed by atoms with Crippen molar-refractivity contribution in [1.82, 2.24) is 9.88 Å². The molecular weight excluding hydrogens is 306 g/mol. The Morgan fingerprint density at radius 3 is 2.52 bits per heavy atom. The van der Waals surface area contributed by atoms with Gasteiger partial charge in [0.25, 0.3) is 0 Å². The lowest BCUT2D eigenvalue weighted by molar-refractivity contribution is 0.217. The van der Waals surface area contributed by atoms with Crippen LogP contribution < -0.4 is 5.32 Å². The molecule has 0 aliphatic heterocycles. The molecule has 2 aromatic carbocycles. The molecule has 2 amide bonds. The zero-order valence-electron chi connectivity index (χ0n) is 13.2. The third-order valence-corrected chi connectivity index (χ3v) is 4.81. The second-order valence-corrected chi connectivity index (χ2v) is 6.17. The highest BCUT2D eigenvalue weighted by Gasteiger charge is 2.14. The van der Waals surface area contributed by atoms with Crippen LogP contribution in [0.4, 0.5) is 10.5 Å². The smallest absolute Gasteiger partial charge is 0.321 e. The molecule has 1 aromatic heterocycles. The van der Waals surface area contributed by atoms with E-state index in [9.17, 15) is 4.79 Å². The van der Waals surface area contributed by atoms with E-state index in [1.54, 1.807) is 16.2 Å². The normalized spacial score (nSPS) is 10.7. The Kier molecular flexibility index (Phi) is 4.57. The van der Waals surface area contributed by atoms with E-state index in [1.165, 1.54) is 0 Å². The van der Waals surface area contributed by atoms with E-state index in [2.05, 4.69) is 16.4 Å². The number of nitrogens with one attached hydrogen (secondary N) is 1. The summed E-state index contributed by atoms with van der Waals surface area (Å²) in [5.41, 5.74) is 2.73. The lowest BCUT2D eigenvalue weighted by Gasteiger charge is -2.20. The van der Waals surface area contributed by atoms with Crippen LogP contribution in [0.1, 0.15) is 13.8 Å². The maximum Gasteiger partial charge on any atom is 0.321 e. The van der Waals surface area contributed by atoms with Gasteiger partial charge >= 0.3 is 6.03 Å². The minimum atomic E-state index is -0.0800. The van der Waals surface area contributed by atoms with Crippen LogP contribution in [0.5, 0.6) is 0 Å². The average Bonchev–Trinajstić information content (AvgIpc) is 3.00. The standard InChI is InChI=1S/C18H19N3OS/c1-3-21(4-2)18(22)20-14-10-6-5-9-13(14)17-19-15-11-7-8-12-16(15)23-17/h5-12H,3-4H2,1-2H3,(H,20,22). The first kappa shape index (κ1) is 15.5. The molecule has 5 heteroatoms. The molecule has 0 radical (unpaired) electrons. The van der Waals surface area contributed by atoms with Gasteiger partial charge in [0.2, 0.25) is 0 Å². The van der Waals surface area contributed by atoms with Crippen molar-refractivity contribution in [2.75, 3.05) is 18.4 Å². The van der Waals surface area contributed by atoms with Gasteiger partial charge in [-0.15, -0.1) is 11.3 Å². The van der Waals surface area contributed by atoms with Crippen LogP contribution in [0, 0.1) is 0 Å². The van der Waals surface area contributed by atoms with E-state index in [-0.39, 0.29) is 6.03 Å². The fraction of sp³-hybridized carbons (Fsp3) is 0.222. The topological polar surface area (TPSA) is 45.2 Å². The molecule has 0 aliphatic carbocycles. The number of thiazole rings is 1. The molecular formula is C18H19N3OS. The van der Waals surface area contributed by atoms with Crippen molar-refractivity contribution < 1.29 is 4.79 Å². The summed E-state index contributed by atoms with van der Waals surface area (Å²) >= 11 is 1.64. The first-order valence-corrected chi connectivity index (χ1v) is 8.55. The van der Waals surface area contributed by atoms with Crippen molar-refractivity contribution in [3.05, 3.63) is 48.5 Å². The summed E-state index contributed by atoms with van der Waals surface area (Å²) in [5, 5.41) is 3.93. The highest BCUT2D eigenvalue weighted by molar-refractivity contribution is 7.21. The van der Waals surface area contributed by atoms with Crippen molar-refractivity contribution >= 4 is 33.3 Å². The lowest BCUT2D eigenvalue weighted by atomic mass is 10.2. The second kappa shape index (κ2) is 6.79. The first-order chi connectivity index (χ1) is 11.2. The van der Waals surface area contributed by atoms with Crippen LogP contribution in [0.25, 0.3) is 20.8 Å². The molecule has 1 N–H and O–H groups in total. The number of rotatable bonds is 4. The Hall–Kier alpha value is -2.40. The van der Waals surface area contributed by atoms with Gasteiger partial charge in [0.1, 0.15) is 5.01 Å². The molecule has 0 atom stereocenters. The largest absolute Gasteiger partial charge is 0.325 e. The van der Waals surface area contributed by atoms with Gasteiger partial charge in [0, 0.05) is 18.7 Å². The van der Waals surface area contributed by atoms with Crippen LogP contribution in [-0.2, 0) is 0 Å². The summed E-state index contributed by atoms with van der Waals surface area (Å²) in [4.78, 5) is 18.8. The van der Waals surface area contributed by atoms with Crippen LogP contribution >= 0.6 is 11.3 Å². The van der Waals surface area contributed by atoms with Gasteiger partial charge in [0.05, 0.1) is 15.9 Å². The van der Waals surface area contributed by atoms with Crippen molar-refractivity contribution in [2.24, 2.45) is 0 Å². The minimum absolute atomic E-state index is 0.0800. The van der Waals surface area contributed by atoms with Gasteiger partial charge in [-0.2, -0.15) is 0 Å². The average molecular weight is 325 g/mol. The fourth-order valence-electron chi connectivity index (χ4n) is 2.47. The Bertz CT molecular complexity index is 791. The SMILES string of the molecule is CCN(CC)C(=O)Nc1ccccc1-c1nc2ccccc2s1. The van der Waals surface area contributed by atoms with E-state index >= 15 is 0 Å². The molecule has 3 rings (SSSR count). The van der Waals surface area contributed by atoms with Crippen LogP contribution in [0.2, 0.25) is 0 Å². The maximum atomic E-state index is 12.3. The first-order valence-electron chi connectivity index (χ1n) is 7.73. The quantitative estimate of drug-likeness (QED) is 0.746. The fourth-order valence-corrected chi connectivity index (χ4v) is 3.48. The van der Waals surface area contributed by atoms with E-state index < -0.39 is 0 Å². The van der Waals surface area contributed by atoms with Crippen LogP contribution in [0.3, 0.4) is 0 Å². The van der Waals surface area contributed by atoms with E-state index in [0.717, 1.165) is 26.5 Å². The Morgan fingerprint density at radius 1 is 1.09 bits per heavy atom. The molecule has 0 saturated carbocycles. The molecule has 23 heavy (non-hydrogen) atoms. The lowest BCUT2D eigenvalue weighted by Crippen LogP contribution is -2.34. The maximum absolute atomic E-state index is 12.3. The van der Waals surface area contributed by atoms with Gasteiger partial charge in [-0.3, -0.25) is 0 Å². The molecule has 0 unspecified atom stereocenters. The van der Waals surface area contributed by atoms with E-state index in [1.807, 2.05) is 56.3 Å².